The molecule has 1 aromatic heterocycles. The van der Waals surface area contributed by atoms with E-state index in [2.05, 4.69) is 44.9 Å². The quantitative estimate of drug-likeness (QED) is 0.913. The van der Waals surface area contributed by atoms with Gasteiger partial charge in [-0.3, -0.25) is 4.99 Å². The average Bonchev–Trinajstić information content (AvgIpc) is 2.69. The fourth-order valence-electron chi connectivity index (χ4n) is 2.23. The van der Waals surface area contributed by atoms with Gasteiger partial charge in [0.2, 0.25) is 0 Å². The first-order valence-corrected chi connectivity index (χ1v) is 8.66. The Morgan fingerprint density at radius 2 is 2.21 bits per heavy atom. The predicted octanol–water partition coefficient (Wildman–Crippen LogP) is 4.07. The van der Waals surface area contributed by atoms with Crippen LogP contribution in [0.15, 0.2) is 4.99 Å². The largest absolute Gasteiger partial charge is 0.360 e. The van der Waals surface area contributed by atoms with Gasteiger partial charge in [-0.05, 0) is 40.5 Å². The monoisotopic (exact) mass is 297 g/mol. The van der Waals surface area contributed by atoms with Gasteiger partial charge in [0.15, 0.2) is 5.17 Å². The van der Waals surface area contributed by atoms with Crippen molar-refractivity contribution in [2.45, 2.75) is 59.0 Å². The Morgan fingerprint density at radius 3 is 2.79 bits per heavy atom. The van der Waals surface area contributed by atoms with Gasteiger partial charge in [-0.2, -0.15) is 0 Å². The van der Waals surface area contributed by atoms with Crippen LogP contribution in [-0.2, 0) is 0 Å². The first-order valence-electron chi connectivity index (χ1n) is 6.86. The summed E-state index contributed by atoms with van der Waals surface area (Å²) in [5, 5.41) is 5.82. The topological polar surface area (TPSA) is 37.3 Å². The molecule has 2 heterocycles. The molecule has 1 fully saturated rings. The summed E-state index contributed by atoms with van der Waals surface area (Å²) in [7, 11) is 0. The first kappa shape index (κ1) is 14.9. The molecule has 2 atom stereocenters. The minimum Gasteiger partial charge on any atom is -0.360 e. The molecule has 0 spiro atoms. The number of aromatic nitrogens is 1. The third-order valence-corrected chi connectivity index (χ3v) is 5.84. The first-order chi connectivity index (χ1) is 8.93. The summed E-state index contributed by atoms with van der Waals surface area (Å²) >= 11 is 3.60. The third-order valence-electron chi connectivity index (χ3n) is 3.71. The number of hydrogen-bond acceptors (Lipinski definition) is 4. The fraction of sp³-hybridized carbons (Fsp3) is 0.714. The number of aryl methyl sites for hydroxylation is 2. The van der Waals surface area contributed by atoms with Crippen molar-refractivity contribution in [1.29, 1.82) is 0 Å². The second kappa shape index (κ2) is 5.83. The van der Waals surface area contributed by atoms with Crippen LogP contribution < -0.4 is 5.32 Å². The van der Waals surface area contributed by atoms with Crippen LogP contribution in [0.4, 0.5) is 0 Å². The van der Waals surface area contributed by atoms with E-state index in [1.165, 1.54) is 11.3 Å². The van der Waals surface area contributed by atoms with Gasteiger partial charge in [-0.25, -0.2) is 4.98 Å². The lowest BCUT2D eigenvalue weighted by Gasteiger charge is -2.35. The SMILES string of the molecule is CCC1(C)CCSC(=NC(C)c2sc(C)nc2C)N1. The van der Waals surface area contributed by atoms with Gasteiger partial charge in [0.25, 0.3) is 0 Å². The number of nitrogens with one attached hydrogen (secondary N) is 1. The number of hydrogen-bond donors (Lipinski definition) is 1. The number of nitrogens with zero attached hydrogens (tertiary/aromatic N) is 2. The molecular weight excluding hydrogens is 274 g/mol. The molecule has 0 aliphatic carbocycles. The molecular formula is C14H23N3S2. The Kier molecular flexibility index (Phi) is 4.56. The Morgan fingerprint density at radius 1 is 1.47 bits per heavy atom. The molecule has 1 N–H and O–H groups in total. The lowest BCUT2D eigenvalue weighted by Crippen LogP contribution is -2.48. The van der Waals surface area contributed by atoms with E-state index in [1.807, 2.05) is 11.8 Å². The summed E-state index contributed by atoms with van der Waals surface area (Å²) in [6, 6.07) is 0.195. The summed E-state index contributed by atoms with van der Waals surface area (Å²) in [4.78, 5) is 10.6. The van der Waals surface area contributed by atoms with Crippen molar-refractivity contribution in [2.75, 3.05) is 5.75 Å². The van der Waals surface area contributed by atoms with Gasteiger partial charge in [0.05, 0.1) is 21.6 Å². The van der Waals surface area contributed by atoms with Gasteiger partial charge in [-0.15, -0.1) is 11.3 Å². The Bertz CT molecular complexity index is 481. The van der Waals surface area contributed by atoms with Gasteiger partial charge < -0.3 is 5.32 Å². The van der Waals surface area contributed by atoms with Crippen LogP contribution in [0.2, 0.25) is 0 Å². The highest BCUT2D eigenvalue weighted by Gasteiger charge is 2.28. The smallest absolute Gasteiger partial charge is 0.157 e. The number of amidine groups is 1. The molecule has 2 rings (SSSR count). The maximum atomic E-state index is 4.86. The molecule has 0 saturated carbocycles. The molecule has 0 bridgehead atoms. The molecule has 2 unspecified atom stereocenters. The third kappa shape index (κ3) is 3.51. The standard InChI is InChI=1S/C14H23N3S2/c1-6-14(5)7-8-18-13(17-14)16-10(3)12-9(2)15-11(4)19-12/h10H,6-8H2,1-5H3,(H,16,17). The molecule has 1 saturated heterocycles. The van der Waals surface area contributed by atoms with E-state index >= 15 is 0 Å². The zero-order valence-corrected chi connectivity index (χ0v) is 14.0. The zero-order chi connectivity index (χ0) is 14.0. The molecule has 0 radical (unpaired) electrons. The molecule has 5 heteroatoms. The van der Waals surface area contributed by atoms with Crippen LogP contribution in [-0.4, -0.2) is 21.4 Å². The lowest BCUT2D eigenvalue weighted by atomic mass is 9.96. The van der Waals surface area contributed by atoms with Crippen LogP contribution >= 0.6 is 23.1 Å². The van der Waals surface area contributed by atoms with Crippen LogP contribution in [0.3, 0.4) is 0 Å². The van der Waals surface area contributed by atoms with Crippen LogP contribution in [0.1, 0.15) is 55.2 Å². The Balaban J connectivity index is 2.14. The zero-order valence-electron chi connectivity index (χ0n) is 12.4. The van der Waals surface area contributed by atoms with E-state index in [1.54, 1.807) is 11.3 Å². The number of aliphatic imine (C=N–C) groups is 1. The summed E-state index contributed by atoms with van der Waals surface area (Å²) < 4.78 is 0. The van der Waals surface area contributed by atoms with Crippen LogP contribution in [0.5, 0.6) is 0 Å². The van der Waals surface area contributed by atoms with Gasteiger partial charge in [-0.1, -0.05) is 18.7 Å². The summed E-state index contributed by atoms with van der Waals surface area (Å²) in [5.74, 6) is 1.16. The molecule has 1 aliphatic heterocycles. The number of rotatable bonds is 3. The average molecular weight is 297 g/mol. The molecule has 0 aromatic carbocycles. The fourth-order valence-corrected chi connectivity index (χ4v) is 4.45. The minimum absolute atomic E-state index is 0.195. The summed E-state index contributed by atoms with van der Waals surface area (Å²) in [5.41, 5.74) is 1.33. The minimum atomic E-state index is 0.195. The highest BCUT2D eigenvalue weighted by Crippen LogP contribution is 2.30. The van der Waals surface area contributed by atoms with Crippen molar-refractivity contribution in [2.24, 2.45) is 4.99 Å². The second-order valence-electron chi connectivity index (χ2n) is 5.43. The maximum absolute atomic E-state index is 4.86. The highest BCUT2D eigenvalue weighted by molar-refractivity contribution is 8.13. The second-order valence-corrected chi connectivity index (χ2v) is 7.75. The molecule has 19 heavy (non-hydrogen) atoms. The molecule has 1 aromatic rings. The van der Waals surface area contributed by atoms with E-state index in [9.17, 15) is 0 Å². The van der Waals surface area contributed by atoms with Gasteiger partial charge in [0.1, 0.15) is 0 Å². The van der Waals surface area contributed by atoms with Crippen molar-refractivity contribution in [1.82, 2.24) is 10.3 Å². The van der Waals surface area contributed by atoms with Crippen LogP contribution in [0.25, 0.3) is 0 Å². The summed E-state index contributed by atoms with van der Waals surface area (Å²) in [6.07, 6.45) is 2.35. The lowest BCUT2D eigenvalue weighted by molar-refractivity contribution is 0.389. The Labute approximate surface area is 124 Å². The molecule has 3 nitrogen and oxygen atoms in total. The molecule has 106 valence electrons. The van der Waals surface area contributed by atoms with Crippen molar-refractivity contribution < 1.29 is 0 Å². The molecule has 0 amide bonds. The predicted molar refractivity (Wildman–Crippen MR) is 86.3 cm³/mol. The van der Waals surface area contributed by atoms with Crippen molar-refractivity contribution in [3.63, 3.8) is 0 Å². The van der Waals surface area contributed by atoms with E-state index < -0.39 is 0 Å². The maximum Gasteiger partial charge on any atom is 0.157 e. The van der Waals surface area contributed by atoms with E-state index in [4.69, 9.17) is 4.99 Å². The van der Waals surface area contributed by atoms with Crippen molar-refractivity contribution in [3.8, 4) is 0 Å². The molecule has 1 aliphatic rings. The highest BCUT2D eigenvalue weighted by atomic mass is 32.2. The van der Waals surface area contributed by atoms with E-state index in [-0.39, 0.29) is 11.6 Å². The normalized spacial score (nSPS) is 27.3. The van der Waals surface area contributed by atoms with Crippen LogP contribution in [0, 0.1) is 13.8 Å². The van der Waals surface area contributed by atoms with Crippen molar-refractivity contribution in [3.05, 3.63) is 15.6 Å². The van der Waals surface area contributed by atoms with E-state index in [0.29, 0.717) is 0 Å². The van der Waals surface area contributed by atoms with Gasteiger partial charge in [0, 0.05) is 11.3 Å². The number of thiazole rings is 1. The number of thioether (sulfide) groups is 1. The Hall–Kier alpha value is -0.550. The summed E-state index contributed by atoms with van der Waals surface area (Å²) in [6.45, 7) is 10.8. The van der Waals surface area contributed by atoms with E-state index in [0.717, 1.165) is 28.0 Å². The van der Waals surface area contributed by atoms with Gasteiger partial charge >= 0.3 is 0 Å². The van der Waals surface area contributed by atoms with Crippen molar-refractivity contribution >= 4 is 28.3 Å².